The minimum Gasteiger partial charge on any atom is -0.493 e. The second kappa shape index (κ2) is 11.0. The standard InChI is InChI=1S/C30H25F2N5O5/c1-40-25-14-18-21(15-26(25)41-2)33-16-34-29(18)42-24-11-10-17(13-20(24)32)35-28(38)27-23-9-5-6-12-36(23)37(30(27)39)22-8-4-3-7-19(22)31/h3-4,7-8,10-11,13-16H,5-6,9,12H2,1-2H3,(H,35,38). The van der Waals surface area contributed by atoms with E-state index in [-0.39, 0.29) is 28.6 Å². The Morgan fingerprint density at radius 3 is 2.48 bits per heavy atom. The van der Waals surface area contributed by atoms with Gasteiger partial charge in [-0.2, -0.15) is 0 Å². The van der Waals surface area contributed by atoms with E-state index in [1.165, 1.54) is 55.6 Å². The van der Waals surface area contributed by atoms with Crippen LogP contribution in [0.15, 0.2) is 65.7 Å². The van der Waals surface area contributed by atoms with Gasteiger partial charge in [0, 0.05) is 24.4 Å². The molecule has 0 unspecified atom stereocenters. The maximum absolute atomic E-state index is 15.2. The molecule has 0 radical (unpaired) electrons. The molecule has 6 rings (SSSR count). The van der Waals surface area contributed by atoms with E-state index in [0.29, 0.717) is 41.1 Å². The molecule has 3 heterocycles. The van der Waals surface area contributed by atoms with Crippen LogP contribution in [0.1, 0.15) is 28.9 Å². The quantitative estimate of drug-likeness (QED) is 0.283. The summed E-state index contributed by atoms with van der Waals surface area (Å²) in [5.74, 6) is -1.24. The number of amides is 1. The van der Waals surface area contributed by atoms with Crippen LogP contribution in [0.5, 0.6) is 23.1 Å². The lowest BCUT2D eigenvalue weighted by molar-refractivity contribution is 0.102. The molecule has 0 spiro atoms. The lowest BCUT2D eigenvalue weighted by atomic mass is 10.1. The van der Waals surface area contributed by atoms with Crippen LogP contribution in [0.4, 0.5) is 14.5 Å². The zero-order chi connectivity index (χ0) is 29.4. The van der Waals surface area contributed by atoms with Crippen molar-refractivity contribution < 1.29 is 27.8 Å². The van der Waals surface area contributed by atoms with E-state index in [0.717, 1.165) is 18.9 Å². The van der Waals surface area contributed by atoms with Crippen molar-refractivity contribution in [3.63, 3.8) is 0 Å². The number of hydrogen-bond donors (Lipinski definition) is 1. The van der Waals surface area contributed by atoms with E-state index in [1.807, 2.05) is 0 Å². The number of rotatable bonds is 7. The van der Waals surface area contributed by atoms with Gasteiger partial charge < -0.3 is 19.5 Å². The van der Waals surface area contributed by atoms with Gasteiger partial charge in [0.2, 0.25) is 5.88 Å². The Morgan fingerprint density at radius 1 is 0.929 bits per heavy atom. The zero-order valence-corrected chi connectivity index (χ0v) is 22.7. The molecule has 0 fully saturated rings. The second-order valence-electron chi connectivity index (χ2n) is 9.57. The maximum Gasteiger partial charge on any atom is 0.284 e. The summed E-state index contributed by atoms with van der Waals surface area (Å²) in [4.78, 5) is 35.2. The van der Waals surface area contributed by atoms with Gasteiger partial charge in [0.15, 0.2) is 23.1 Å². The SMILES string of the molecule is COc1cc2ncnc(Oc3ccc(NC(=O)c4c5n(n(-c6ccccc6F)c4=O)CCCC5)cc3F)c2cc1OC. The monoisotopic (exact) mass is 573 g/mol. The molecule has 0 bridgehead atoms. The molecule has 1 amide bonds. The smallest absolute Gasteiger partial charge is 0.284 e. The zero-order valence-electron chi connectivity index (χ0n) is 22.7. The van der Waals surface area contributed by atoms with Gasteiger partial charge in [-0.1, -0.05) is 12.1 Å². The molecular formula is C30H25F2N5O5. The maximum atomic E-state index is 15.2. The Kier molecular flexibility index (Phi) is 7.03. The molecule has 2 aromatic heterocycles. The molecule has 12 heteroatoms. The predicted molar refractivity (Wildman–Crippen MR) is 150 cm³/mol. The van der Waals surface area contributed by atoms with Crippen molar-refractivity contribution in [3.05, 3.63) is 94.2 Å². The highest BCUT2D eigenvalue weighted by atomic mass is 19.1. The van der Waals surface area contributed by atoms with Crippen molar-refractivity contribution in [2.75, 3.05) is 19.5 Å². The summed E-state index contributed by atoms with van der Waals surface area (Å²) in [6.45, 7) is 0.462. The molecule has 0 atom stereocenters. The summed E-state index contributed by atoms with van der Waals surface area (Å²) < 4.78 is 49.1. The van der Waals surface area contributed by atoms with Crippen molar-refractivity contribution in [2.24, 2.45) is 0 Å². The molecule has 0 saturated heterocycles. The van der Waals surface area contributed by atoms with Gasteiger partial charge in [-0.25, -0.2) is 23.4 Å². The van der Waals surface area contributed by atoms with Crippen LogP contribution in [-0.2, 0) is 13.0 Å². The number of aromatic nitrogens is 4. The lowest BCUT2D eigenvalue weighted by Gasteiger charge is -2.19. The first-order valence-corrected chi connectivity index (χ1v) is 13.1. The second-order valence-corrected chi connectivity index (χ2v) is 9.57. The fourth-order valence-corrected chi connectivity index (χ4v) is 5.12. The van der Waals surface area contributed by atoms with Crippen LogP contribution in [0.25, 0.3) is 16.6 Å². The number of ether oxygens (including phenoxy) is 3. The van der Waals surface area contributed by atoms with E-state index in [1.54, 1.807) is 22.9 Å². The van der Waals surface area contributed by atoms with Gasteiger partial charge in [0.05, 0.1) is 30.8 Å². The molecular weight excluding hydrogens is 548 g/mol. The number of carbonyl (C=O) groups excluding carboxylic acids is 1. The predicted octanol–water partition coefficient (Wildman–Crippen LogP) is 5.26. The molecule has 214 valence electrons. The summed E-state index contributed by atoms with van der Waals surface area (Å²) in [5, 5.41) is 3.08. The summed E-state index contributed by atoms with van der Waals surface area (Å²) >= 11 is 0. The van der Waals surface area contributed by atoms with E-state index in [2.05, 4.69) is 15.3 Å². The largest absolute Gasteiger partial charge is 0.493 e. The minimum atomic E-state index is -0.775. The number of halogens is 2. The van der Waals surface area contributed by atoms with Gasteiger partial charge in [-0.05, 0) is 49.6 Å². The number of fused-ring (bicyclic) bond motifs is 2. The molecule has 0 saturated carbocycles. The third-order valence-corrected chi connectivity index (χ3v) is 7.09. The van der Waals surface area contributed by atoms with Crippen LogP contribution in [0.3, 0.4) is 0 Å². The van der Waals surface area contributed by atoms with E-state index >= 15 is 4.39 Å². The summed E-state index contributed by atoms with van der Waals surface area (Å²) in [5.41, 5.74) is 0.434. The number of benzene rings is 3. The molecule has 1 aliphatic heterocycles. The van der Waals surface area contributed by atoms with Gasteiger partial charge >= 0.3 is 0 Å². The normalized spacial score (nSPS) is 12.6. The van der Waals surface area contributed by atoms with Gasteiger partial charge in [-0.15, -0.1) is 0 Å². The molecule has 3 aromatic carbocycles. The van der Waals surface area contributed by atoms with Crippen LogP contribution in [-0.4, -0.2) is 39.5 Å². The van der Waals surface area contributed by atoms with Crippen LogP contribution < -0.4 is 25.1 Å². The summed E-state index contributed by atoms with van der Waals surface area (Å²) in [6.07, 6.45) is 3.32. The van der Waals surface area contributed by atoms with E-state index < -0.39 is 23.1 Å². The fourth-order valence-electron chi connectivity index (χ4n) is 5.12. The number of para-hydroxylation sites is 1. The molecule has 1 aliphatic rings. The Bertz CT molecular complexity index is 1900. The topological polar surface area (TPSA) is 110 Å². The third-order valence-electron chi connectivity index (χ3n) is 7.09. The Morgan fingerprint density at radius 2 is 1.71 bits per heavy atom. The minimum absolute atomic E-state index is 0.0607. The highest BCUT2D eigenvalue weighted by Gasteiger charge is 2.29. The first-order valence-electron chi connectivity index (χ1n) is 13.1. The fraction of sp³-hybridized carbons (Fsp3) is 0.200. The lowest BCUT2D eigenvalue weighted by Crippen LogP contribution is -2.26. The van der Waals surface area contributed by atoms with Crippen LogP contribution in [0.2, 0.25) is 0 Å². The summed E-state index contributed by atoms with van der Waals surface area (Å²) in [6, 6.07) is 13.0. The molecule has 0 aliphatic carbocycles. The van der Waals surface area contributed by atoms with Crippen LogP contribution >= 0.6 is 0 Å². The van der Waals surface area contributed by atoms with Crippen molar-refractivity contribution in [2.45, 2.75) is 25.8 Å². The number of hydrogen-bond acceptors (Lipinski definition) is 7. The number of methoxy groups -OCH3 is 2. The highest BCUT2D eigenvalue weighted by Crippen LogP contribution is 2.36. The Balaban J connectivity index is 1.29. The number of anilines is 1. The first kappa shape index (κ1) is 26.9. The van der Waals surface area contributed by atoms with Crippen LogP contribution in [0, 0.1) is 11.6 Å². The summed E-state index contributed by atoms with van der Waals surface area (Å²) in [7, 11) is 2.99. The van der Waals surface area contributed by atoms with Gasteiger partial charge in [-0.3, -0.25) is 14.3 Å². The molecule has 5 aromatic rings. The van der Waals surface area contributed by atoms with Crippen molar-refractivity contribution >= 4 is 22.5 Å². The Hall–Kier alpha value is -5.26. The first-order chi connectivity index (χ1) is 20.4. The van der Waals surface area contributed by atoms with Crippen molar-refractivity contribution in [1.82, 2.24) is 19.3 Å². The van der Waals surface area contributed by atoms with E-state index in [9.17, 15) is 14.0 Å². The van der Waals surface area contributed by atoms with Gasteiger partial charge in [0.25, 0.3) is 11.5 Å². The number of carbonyl (C=O) groups is 1. The average molecular weight is 574 g/mol. The number of nitrogens with one attached hydrogen (secondary N) is 1. The third kappa shape index (κ3) is 4.70. The average Bonchev–Trinajstić information content (AvgIpc) is 3.29. The number of nitrogens with zero attached hydrogens (tertiary/aromatic N) is 4. The molecule has 1 N–H and O–H groups in total. The van der Waals surface area contributed by atoms with Gasteiger partial charge in [0.1, 0.15) is 23.4 Å². The van der Waals surface area contributed by atoms with Crippen molar-refractivity contribution in [3.8, 4) is 28.8 Å². The molecule has 42 heavy (non-hydrogen) atoms. The highest BCUT2D eigenvalue weighted by molar-refractivity contribution is 6.05. The van der Waals surface area contributed by atoms with Crippen molar-refractivity contribution in [1.29, 1.82) is 0 Å². The molecule has 10 nitrogen and oxygen atoms in total. The Labute approximate surface area is 238 Å². The van der Waals surface area contributed by atoms with E-state index in [4.69, 9.17) is 14.2 Å².